The number of fused-ring (bicyclic) bond motifs is 2. The van der Waals surface area contributed by atoms with Crippen molar-refractivity contribution in [3.8, 4) is 0 Å². The van der Waals surface area contributed by atoms with Crippen LogP contribution in [-0.2, 0) is 17.1 Å². The van der Waals surface area contributed by atoms with Crippen molar-refractivity contribution in [1.82, 2.24) is 0 Å². The normalized spacial score (nSPS) is 45.5. The molecule has 0 amide bonds. The molecule has 0 aromatic heterocycles. The summed E-state index contributed by atoms with van der Waals surface area (Å²) in [6.07, 6.45) is 5.99. The summed E-state index contributed by atoms with van der Waals surface area (Å²) in [5, 5.41) is 0. The Morgan fingerprint density at radius 1 is 1.00 bits per heavy atom. The fourth-order valence-electron chi connectivity index (χ4n) is 3.11. The summed E-state index contributed by atoms with van der Waals surface area (Å²) in [6, 6.07) is 0. The van der Waals surface area contributed by atoms with Crippen molar-refractivity contribution in [3.05, 3.63) is 0 Å². The zero-order valence-electron chi connectivity index (χ0n) is 7.71. The average Bonchev–Trinajstić information content (AvgIpc) is 2.18. The van der Waals surface area contributed by atoms with Gasteiger partial charge in [0.2, 0.25) is 0 Å². The van der Waals surface area contributed by atoms with Crippen LogP contribution >= 0.6 is 0 Å². The molecule has 2 aliphatic rings. The Morgan fingerprint density at radius 3 is 1.55 bits per heavy atom. The van der Waals surface area contributed by atoms with Crippen LogP contribution in [0.4, 0.5) is 0 Å². The molecule has 1 heteroatoms. The molecule has 69 valence electrons. The maximum absolute atomic E-state index is 2.49. The van der Waals surface area contributed by atoms with E-state index in [0.29, 0.717) is 10.8 Å². The van der Waals surface area contributed by atoms with E-state index in [1.54, 1.807) is 0 Å². The second kappa shape index (κ2) is 2.50. The van der Waals surface area contributed by atoms with Gasteiger partial charge in [-0.15, -0.1) is 0 Å². The predicted octanol–water partition coefficient (Wildman–Crippen LogP) is 3.22. The van der Waals surface area contributed by atoms with E-state index in [-0.39, 0.29) is 17.1 Å². The SMILES string of the molecule is CC12CCC(CC1)C2(C)C.[Cu]. The summed E-state index contributed by atoms with van der Waals surface area (Å²) in [5.74, 6) is 1.05. The fraction of sp³-hybridized carbons (Fsp3) is 1.00. The second-order valence-corrected chi connectivity index (χ2v) is 5.06. The molecule has 0 unspecified atom stereocenters. The Balaban J connectivity index is 0.000000605. The Hall–Kier alpha value is 0.519. The van der Waals surface area contributed by atoms with Gasteiger partial charge in [-0.1, -0.05) is 20.8 Å². The number of hydrogen-bond acceptors (Lipinski definition) is 0. The van der Waals surface area contributed by atoms with Gasteiger partial charge in [0, 0.05) is 17.1 Å². The average molecular weight is 202 g/mol. The van der Waals surface area contributed by atoms with Crippen LogP contribution in [0.5, 0.6) is 0 Å². The third-order valence-corrected chi connectivity index (χ3v) is 4.67. The van der Waals surface area contributed by atoms with E-state index in [4.69, 9.17) is 0 Å². The molecule has 0 saturated heterocycles. The first-order valence-corrected chi connectivity index (χ1v) is 4.56. The van der Waals surface area contributed by atoms with E-state index in [1.807, 2.05) is 0 Å². The van der Waals surface area contributed by atoms with Gasteiger partial charge in [-0.25, -0.2) is 0 Å². The minimum Gasteiger partial charge on any atom is -0.0591 e. The monoisotopic (exact) mass is 201 g/mol. The summed E-state index contributed by atoms with van der Waals surface area (Å²) >= 11 is 0. The Labute approximate surface area is 80.6 Å². The molecule has 2 rings (SSSR count). The van der Waals surface area contributed by atoms with Gasteiger partial charge in [-0.3, -0.25) is 0 Å². The first-order chi connectivity index (χ1) is 4.56. The smallest absolute Gasteiger partial charge is 0 e. The minimum atomic E-state index is 0. The van der Waals surface area contributed by atoms with Crippen LogP contribution in [0.3, 0.4) is 0 Å². The van der Waals surface area contributed by atoms with Crippen molar-refractivity contribution in [3.63, 3.8) is 0 Å². The van der Waals surface area contributed by atoms with Crippen LogP contribution in [-0.4, -0.2) is 0 Å². The molecule has 2 fully saturated rings. The van der Waals surface area contributed by atoms with Crippen LogP contribution in [0.1, 0.15) is 46.5 Å². The summed E-state index contributed by atoms with van der Waals surface area (Å²) in [5.41, 5.74) is 1.37. The predicted molar refractivity (Wildman–Crippen MR) is 43.8 cm³/mol. The van der Waals surface area contributed by atoms with E-state index in [1.165, 1.54) is 25.7 Å². The maximum Gasteiger partial charge on any atom is 0 e. The van der Waals surface area contributed by atoms with Crippen LogP contribution in [0.2, 0.25) is 0 Å². The number of hydrogen-bond donors (Lipinski definition) is 0. The molecular weight excluding hydrogens is 184 g/mol. The van der Waals surface area contributed by atoms with E-state index < -0.39 is 0 Å². The zero-order valence-corrected chi connectivity index (χ0v) is 8.65. The largest absolute Gasteiger partial charge is 0.0591 e. The molecule has 1 radical (unpaired) electrons. The molecule has 0 heterocycles. The van der Waals surface area contributed by atoms with E-state index in [2.05, 4.69) is 20.8 Å². The van der Waals surface area contributed by atoms with Crippen molar-refractivity contribution < 1.29 is 17.1 Å². The Bertz CT molecular complexity index is 150. The molecule has 0 spiro atoms. The standard InChI is InChI=1S/C10H18.Cu/c1-9(2)8-4-6-10(9,3)7-5-8;/h8H,4-7H2,1-3H3;. The molecule has 2 bridgehead atoms. The van der Waals surface area contributed by atoms with Gasteiger partial charge in [0.25, 0.3) is 0 Å². The third-order valence-electron chi connectivity index (χ3n) is 4.67. The topological polar surface area (TPSA) is 0 Å². The van der Waals surface area contributed by atoms with Crippen molar-refractivity contribution in [2.45, 2.75) is 46.5 Å². The second-order valence-electron chi connectivity index (χ2n) is 5.06. The molecule has 0 atom stereocenters. The first-order valence-electron chi connectivity index (χ1n) is 4.56. The van der Waals surface area contributed by atoms with E-state index in [0.717, 1.165) is 5.92 Å². The van der Waals surface area contributed by atoms with Gasteiger partial charge < -0.3 is 0 Å². The fourth-order valence-corrected chi connectivity index (χ4v) is 3.11. The van der Waals surface area contributed by atoms with Crippen LogP contribution in [0.25, 0.3) is 0 Å². The minimum absolute atomic E-state index is 0. The molecule has 2 aliphatic carbocycles. The molecule has 0 aromatic carbocycles. The molecule has 0 nitrogen and oxygen atoms in total. The van der Waals surface area contributed by atoms with Gasteiger partial charge in [0.15, 0.2) is 0 Å². The molecule has 2 saturated carbocycles. The van der Waals surface area contributed by atoms with Crippen molar-refractivity contribution in [2.75, 3.05) is 0 Å². The molecule has 0 aromatic rings. The van der Waals surface area contributed by atoms with Gasteiger partial charge in [0.1, 0.15) is 0 Å². The van der Waals surface area contributed by atoms with Crippen LogP contribution in [0.15, 0.2) is 0 Å². The van der Waals surface area contributed by atoms with Gasteiger partial charge in [0.05, 0.1) is 0 Å². The quantitative estimate of drug-likeness (QED) is 0.528. The van der Waals surface area contributed by atoms with Crippen molar-refractivity contribution >= 4 is 0 Å². The van der Waals surface area contributed by atoms with Gasteiger partial charge in [-0.05, 0) is 42.4 Å². The molecule has 0 N–H and O–H groups in total. The summed E-state index contributed by atoms with van der Waals surface area (Å²) in [6.45, 7) is 7.43. The van der Waals surface area contributed by atoms with E-state index in [9.17, 15) is 0 Å². The first kappa shape index (κ1) is 9.61. The van der Waals surface area contributed by atoms with Gasteiger partial charge >= 0.3 is 0 Å². The Kier molecular flexibility index (Phi) is 2.18. The van der Waals surface area contributed by atoms with Crippen LogP contribution in [0, 0.1) is 16.7 Å². The van der Waals surface area contributed by atoms with Crippen molar-refractivity contribution in [2.24, 2.45) is 16.7 Å². The summed E-state index contributed by atoms with van der Waals surface area (Å²) in [7, 11) is 0. The summed E-state index contributed by atoms with van der Waals surface area (Å²) < 4.78 is 0. The Morgan fingerprint density at radius 2 is 1.45 bits per heavy atom. The van der Waals surface area contributed by atoms with E-state index >= 15 is 0 Å². The number of rotatable bonds is 0. The summed E-state index contributed by atoms with van der Waals surface area (Å²) in [4.78, 5) is 0. The maximum atomic E-state index is 2.49. The van der Waals surface area contributed by atoms with Gasteiger partial charge in [-0.2, -0.15) is 0 Å². The molecular formula is C10H18Cu. The zero-order chi connectivity index (χ0) is 7.41. The molecule has 11 heavy (non-hydrogen) atoms. The van der Waals surface area contributed by atoms with Crippen molar-refractivity contribution in [1.29, 1.82) is 0 Å². The third kappa shape index (κ3) is 1.01. The molecule has 0 aliphatic heterocycles. The van der Waals surface area contributed by atoms with Crippen LogP contribution < -0.4 is 0 Å².